The Hall–Kier alpha value is -4.98. The van der Waals surface area contributed by atoms with Crippen LogP contribution in [0.15, 0.2) is 103 Å². The summed E-state index contributed by atoms with van der Waals surface area (Å²) in [5.41, 5.74) is 3.51. The standard InChI is InChI=1S/C27H21N3O5/c31-26(18-28-22-4-2-1-3-5-22)29-23-12-6-19(7-13-23)20-10-16-25(17-11-20)35-27(32)21-8-14-24(15-9-21)30(33)34/h1-17,28H,18H2,(H,29,31). The Morgan fingerprint density at radius 1 is 0.743 bits per heavy atom. The predicted molar refractivity (Wildman–Crippen MR) is 133 cm³/mol. The van der Waals surface area contributed by atoms with Gasteiger partial charge in [0.15, 0.2) is 0 Å². The summed E-state index contributed by atoms with van der Waals surface area (Å²) in [5.74, 6) is -0.401. The van der Waals surface area contributed by atoms with E-state index in [0.717, 1.165) is 16.8 Å². The number of benzene rings is 4. The third kappa shape index (κ3) is 6.29. The number of nitrogens with one attached hydrogen (secondary N) is 2. The van der Waals surface area contributed by atoms with Gasteiger partial charge in [0, 0.05) is 23.5 Å². The lowest BCUT2D eigenvalue weighted by atomic mass is 10.1. The molecule has 174 valence electrons. The van der Waals surface area contributed by atoms with Crippen molar-refractivity contribution in [1.29, 1.82) is 0 Å². The van der Waals surface area contributed by atoms with E-state index in [4.69, 9.17) is 4.74 Å². The molecule has 0 saturated heterocycles. The summed E-state index contributed by atoms with van der Waals surface area (Å²) in [6.07, 6.45) is 0. The normalized spacial score (nSPS) is 10.3. The molecule has 0 bridgehead atoms. The number of esters is 1. The van der Waals surface area contributed by atoms with Gasteiger partial charge in [-0.05, 0) is 59.7 Å². The third-order valence-corrected chi connectivity index (χ3v) is 5.11. The first-order chi connectivity index (χ1) is 17.0. The molecule has 4 aromatic rings. The van der Waals surface area contributed by atoms with Gasteiger partial charge in [-0.3, -0.25) is 14.9 Å². The van der Waals surface area contributed by atoms with Gasteiger partial charge in [-0.2, -0.15) is 0 Å². The summed E-state index contributed by atoms with van der Waals surface area (Å²) in [5, 5.41) is 16.6. The molecule has 0 spiro atoms. The second kappa shape index (κ2) is 10.8. The van der Waals surface area contributed by atoms with Crippen LogP contribution in [0, 0.1) is 10.1 Å². The average molecular weight is 467 g/mol. The second-order valence-electron chi connectivity index (χ2n) is 7.56. The molecule has 0 aliphatic carbocycles. The van der Waals surface area contributed by atoms with Crippen molar-refractivity contribution in [3.05, 3.63) is 119 Å². The monoisotopic (exact) mass is 467 g/mol. The van der Waals surface area contributed by atoms with Crippen LogP contribution in [-0.4, -0.2) is 23.3 Å². The Labute approximate surface area is 201 Å². The minimum absolute atomic E-state index is 0.0969. The van der Waals surface area contributed by atoms with Crippen LogP contribution in [0.25, 0.3) is 11.1 Å². The van der Waals surface area contributed by atoms with E-state index < -0.39 is 10.9 Å². The first kappa shape index (κ1) is 23.2. The zero-order valence-electron chi connectivity index (χ0n) is 18.5. The molecule has 0 fully saturated rings. The van der Waals surface area contributed by atoms with Crippen LogP contribution in [0.1, 0.15) is 10.4 Å². The molecule has 8 nitrogen and oxygen atoms in total. The summed E-state index contributed by atoms with van der Waals surface area (Å²) in [6.45, 7) is 0.159. The molecule has 8 heteroatoms. The van der Waals surface area contributed by atoms with E-state index in [9.17, 15) is 19.7 Å². The van der Waals surface area contributed by atoms with Crippen LogP contribution in [0.3, 0.4) is 0 Å². The highest BCUT2D eigenvalue weighted by Gasteiger charge is 2.12. The van der Waals surface area contributed by atoms with E-state index in [-0.39, 0.29) is 23.7 Å². The second-order valence-corrected chi connectivity index (χ2v) is 7.56. The lowest BCUT2D eigenvalue weighted by molar-refractivity contribution is -0.384. The highest BCUT2D eigenvalue weighted by molar-refractivity contribution is 5.94. The number of amides is 1. The number of nitrogens with zero attached hydrogens (tertiary/aromatic N) is 1. The summed E-state index contributed by atoms with van der Waals surface area (Å²) in [4.78, 5) is 34.6. The minimum atomic E-state index is -0.602. The van der Waals surface area contributed by atoms with E-state index in [2.05, 4.69) is 10.6 Å². The fraction of sp³-hybridized carbons (Fsp3) is 0.0370. The van der Waals surface area contributed by atoms with Crippen molar-refractivity contribution < 1.29 is 19.2 Å². The van der Waals surface area contributed by atoms with Crippen LogP contribution in [0.4, 0.5) is 17.1 Å². The van der Waals surface area contributed by atoms with Crippen molar-refractivity contribution in [3.8, 4) is 16.9 Å². The number of carbonyl (C=O) groups is 2. The van der Waals surface area contributed by atoms with Gasteiger partial charge in [0.25, 0.3) is 5.69 Å². The van der Waals surface area contributed by atoms with Crippen LogP contribution >= 0.6 is 0 Å². The van der Waals surface area contributed by atoms with Gasteiger partial charge >= 0.3 is 5.97 Å². The summed E-state index contributed by atoms with van der Waals surface area (Å²) in [6, 6.07) is 29.1. The molecule has 0 aromatic heterocycles. The van der Waals surface area contributed by atoms with E-state index in [0.29, 0.717) is 11.4 Å². The van der Waals surface area contributed by atoms with Crippen LogP contribution in [0.2, 0.25) is 0 Å². The topological polar surface area (TPSA) is 111 Å². The number of hydrogen-bond acceptors (Lipinski definition) is 6. The quantitative estimate of drug-likeness (QED) is 0.153. The fourth-order valence-electron chi connectivity index (χ4n) is 3.29. The van der Waals surface area contributed by atoms with Crippen molar-refractivity contribution in [2.45, 2.75) is 0 Å². The number of carbonyl (C=O) groups excluding carboxylic acids is 2. The highest BCUT2D eigenvalue weighted by atomic mass is 16.6. The Balaban J connectivity index is 1.32. The summed E-state index contributed by atoms with van der Waals surface area (Å²) < 4.78 is 5.35. The number of para-hydroxylation sites is 1. The van der Waals surface area contributed by atoms with Crippen molar-refractivity contribution >= 4 is 28.9 Å². The molecule has 0 radical (unpaired) electrons. The smallest absolute Gasteiger partial charge is 0.343 e. The van der Waals surface area contributed by atoms with Gasteiger partial charge in [-0.15, -0.1) is 0 Å². The van der Waals surface area contributed by atoms with Gasteiger partial charge < -0.3 is 15.4 Å². The number of ether oxygens (including phenoxy) is 1. The van der Waals surface area contributed by atoms with E-state index in [1.807, 2.05) is 66.7 Å². The molecule has 2 N–H and O–H groups in total. The molecule has 4 aromatic carbocycles. The fourth-order valence-corrected chi connectivity index (χ4v) is 3.29. The van der Waals surface area contributed by atoms with Gasteiger partial charge in [0.05, 0.1) is 17.0 Å². The molecule has 4 rings (SSSR count). The van der Waals surface area contributed by atoms with Gasteiger partial charge in [-0.1, -0.05) is 42.5 Å². The van der Waals surface area contributed by atoms with Crippen LogP contribution in [-0.2, 0) is 4.79 Å². The number of hydrogen-bond donors (Lipinski definition) is 2. The van der Waals surface area contributed by atoms with E-state index >= 15 is 0 Å². The highest BCUT2D eigenvalue weighted by Crippen LogP contribution is 2.24. The van der Waals surface area contributed by atoms with Gasteiger partial charge in [0.2, 0.25) is 5.91 Å². The third-order valence-electron chi connectivity index (χ3n) is 5.11. The first-order valence-corrected chi connectivity index (χ1v) is 10.7. The van der Waals surface area contributed by atoms with E-state index in [1.165, 1.54) is 24.3 Å². The zero-order chi connectivity index (χ0) is 24.6. The Kier molecular flexibility index (Phi) is 7.13. The number of nitro groups is 1. The zero-order valence-corrected chi connectivity index (χ0v) is 18.5. The van der Waals surface area contributed by atoms with Crippen molar-refractivity contribution in [1.82, 2.24) is 0 Å². The summed E-state index contributed by atoms with van der Waals surface area (Å²) in [7, 11) is 0. The first-order valence-electron chi connectivity index (χ1n) is 10.7. The maximum absolute atomic E-state index is 12.3. The molecule has 35 heavy (non-hydrogen) atoms. The molecule has 0 saturated carbocycles. The average Bonchev–Trinajstić information content (AvgIpc) is 2.89. The number of rotatable bonds is 8. The van der Waals surface area contributed by atoms with Gasteiger partial charge in [0.1, 0.15) is 5.75 Å². The Morgan fingerprint density at radius 3 is 1.94 bits per heavy atom. The van der Waals surface area contributed by atoms with Crippen molar-refractivity contribution in [3.63, 3.8) is 0 Å². The Bertz CT molecular complexity index is 1320. The number of non-ortho nitro benzene ring substituents is 1. The molecule has 0 heterocycles. The van der Waals surface area contributed by atoms with Crippen molar-refractivity contribution in [2.24, 2.45) is 0 Å². The molecule has 0 atom stereocenters. The number of nitro benzene ring substituents is 1. The van der Waals surface area contributed by atoms with Crippen LogP contribution < -0.4 is 15.4 Å². The molecular weight excluding hydrogens is 446 g/mol. The number of anilines is 2. The van der Waals surface area contributed by atoms with E-state index in [1.54, 1.807) is 12.1 Å². The maximum Gasteiger partial charge on any atom is 0.343 e. The van der Waals surface area contributed by atoms with Crippen molar-refractivity contribution in [2.75, 3.05) is 17.2 Å². The molecule has 0 aliphatic rings. The van der Waals surface area contributed by atoms with Crippen LogP contribution in [0.5, 0.6) is 5.75 Å². The van der Waals surface area contributed by atoms with Gasteiger partial charge in [-0.25, -0.2) is 4.79 Å². The largest absolute Gasteiger partial charge is 0.423 e. The lowest BCUT2D eigenvalue weighted by Gasteiger charge is -2.09. The maximum atomic E-state index is 12.3. The molecule has 0 aliphatic heterocycles. The summed E-state index contributed by atoms with van der Waals surface area (Å²) >= 11 is 0. The molecule has 1 amide bonds. The predicted octanol–water partition coefficient (Wildman–Crippen LogP) is 5.53. The SMILES string of the molecule is O=C(CNc1ccccc1)Nc1ccc(-c2ccc(OC(=O)c3ccc([N+](=O)[O-])cc3)cc2)cc1. The molecule has 0 unspecified atom stereocenters. The minimum Gasteiger partial charge on any atom is -0.423 e. The molecular formula is C27H21N3O5. The Morgan fingerprint density at radius 2 is 1.34 bits per heavy atom. The lowest BCUT2D eigenvalue weighted by Crippen LogP contribution is -2.21.